The molecule has 0 radical (unpaired) electrons. The highest BCUT2D eigenvalue weighted by Crippen LogP contribution is 2.26. The van der Waals surface area contributed by atoms with Crippen molar-refractivity contribution < 1.29 is 8.42 Å². The van der Waals surface area contributed by atoms with Crippen molar-refractivity contribution in [3.8, 4) is 0 Å². The number of imidazole rings is 1. The van der Waals surface area contributed by atoms with E-state index < -0.39 is 10.0 Å². The lowest BCUT2D eigenvalue weighted by molar-refractivity contribution is 0.383. The van der Waals surface area contributed by atoms with Crippen LogP contribution >= 0.6 is 0 Å². The minimum Gasteiger partial charge on any atom is -0.340 e. The summed E-state index contributed by atoms with van der Waals surface area (Å²) in [5, 5.41) is 0. The molecule has 2 heterocycles. The molecule has 0 unspecified atom stereocenters. The van der Waals surface area contributed by atoms with Crippen molar-refractivity contribution >= 4 is 27.0 Å². The van der Waals surface area contributed by atoms with E-state index in [2.05, 4.69) is 35.6 Å². The van der Waals surface area contributed by atoms with Crippen LogP contribution in [0.15, 0.2) is 53.4 Å². The molecule has 1 saturated heterocycles. The zero-order valence-electron chi connectivity index (χ0n) is 16.5. The van der Waals surface area contributed by atoms with E-state index in [1.807, 2.05) is 36.4 Å². The average molecular weight is 399 g/mol. The summed E-state index contributed by atoms with van der Waals surface area (Å²) < 4.78 is 27.6. The molecule has 0 bridgehead atoms. The van der Waals surface area contributed by atoms with Gasteiger partial charge in [-0.25, -0.2) is 13.4 Å². The van der Waals surface area contributed by atoms with E-state index in [1.54, 1.807) is 16.4 Å². The summed E-state index contributed by atoms with van der Waals surface area (Å²) in [4.78, 5) is 10.4. The van der Waals surface area contributed by atoms with Gasteiger partial charge in [0.1, 0.15) is 0 Å². The monoisotopic (exact) mass is 398 g/mol. The molecule has 2 aromatic carbocycles. The second-order valence-electron chi connectivity index (χ2n) is 8.24. The lowest BCUT2D eigenvalue weighted by atomic mass is 9.87. The second-order valence-corrected chi connectivity index (χ2v) is 10.2. The Bertz CT molecular complexity index is 1040. The van der Waals surface area contributed by atoms with E-state index in [4.69, 9.17) is 0 Å². The summed E-state index contributed by atoms with van der Waals surface area (Å²) in [5.41, 5.74) is 3.04. The molecule has 4 rings (SSSR count). The fraction of sp³-hybridized carbons (Fsp3) is 0.381. The molecule has 28 heavy (non-hydrogen) atoms. The van der Waals surface area contributed by atoms with E-state index in [0.717, 1.165) is 22.5 Å². The third-order valence-electron chi connectivity index (χ3n) is 5.27. The molecular weight excluding hydrogens is 372 g/mol. The molecule has 1 N–H and O–H groups in total. The fourth-order valence-electron chi connectivity index (χ4n) is 3.51. The van der Waals surface area contributed by atoms with E-state index in [9.17, 15) is 8.42 Å². The zero-order chi connectivity index (χ0) is 19.9. The highest BCUT2D eigenvalue weighted by atomic mass is 32.2. The lowest BCUT2D eigenvalue weighted by Gasteiger charge is -2.33. The van der Waals surface area contributed by atoms with Crippen molar-refractivity contribution in [1.82, 2.24) is 14.3 Å². The first-order chi connectivity index (χ1) is 13.2. The quantitative estimate of drug-likeness (QED) is 0.734. The van der Waals surface area contributed by atoms with E-state index in [-0.39, 0.29) is 5.41 Å². The average Bonchev–Trinajstić information content (AvgIpc) is 3.12. The lowest BCUT2D eigenvalue weighted by Crippen LogP contribution is -2.49. The van der Waals surface area contributed by atoms with Gasteiger partial charge in [0.25, 0.3) is 0 Å². The summed E-state index contributed by atoms with van der Waals surface area (Å²) in [6, 6.07) is 15.2. The molecule has 0 amide bonds. The molecule has 0 atom stereocenters. The largest absolute Gasteiger partial charge is 0.340 e. The van der Waals surface area contributed by atoms with Crippen LogP contribution in [-0.4, -0.2) is 48.9 Å². The minimum atomic E-state index is -3.48. The van der Waals surface area contributed by atoms with Gasteiger partial charge in [-0.2, -0.15) is 4.31 Å². The number of piperazine rings is 1. The Morgan fingerprint density at radius 1 is 0.929 bits per heavy atom. The van der Waals surface area contributed by atoms with Gasteiger partial charge in [-0.1, -0.05) is 45.0 Å². The Morgan fingerprint density at radius 2 is 1.57 bits per heavy atom. The molecule has 1 aliphatic rings. The van der Waals surface area contributed by atoms with Crippen molar-refractivity contribution in [2.75, 3.05) is 31.1 Å². The first-order valence-electron chi connectivity index (χ1n) is 9.55. The maximum Gasteiger partial charge on any atom is 0.243 e. The van der Waals surface area contributed by atoms with Gasteiger partial charge in [-0.05, 0) is 35.2 Å². The Labute approximate surface area is 166 Å². The van der Waals surface area contributed by atoms with Crippen LogP contribution in [0.2, 0.25) is 0 Å². The Kier molecular flexibility index (Phi) is 4.67. The maximum atomic E-state index is 13.0. The number of benzene rings is 2. The maximum absolute atomic E-state index is 13.0. The SMILES string of the molecule is CC(C)(C)c1ccc(S(=O)(=O)N2CCN(c3nc4ccccc4[nH]3)CC2)cc1. The van der Waals surface area contributed by atoms with Crippen LogP contribution in [0, 0.1) is 0 Å². The standard InChI is InChI=1S/C21H26N4O2S/c1-21(2,3)16-8-10-17(11-9-16)28(26,27)25-14-12-24(13-15-25)20-22-18-6-4-5-7-19(18)23-20/h4-11H,12-15H2,1-3H3,(H,22,23). The predicted molar refractivity (Wildman–Crippen MR) is 112 cm³/mol. The molecule has 7 heteroatoms. The summed E-state index contributed by atoms with van der Waals surface area (Å²) in [6.45, 7) is 8.47. The van der Waals surface area contributed by atoms with Crippen LogP contribution in [-0.2, 0) is 15.4 Å². The number of fused-ring (bicyclic) bond motifs is 1. The number of aromatic nitrogens is 2. The van der Waals surface area contributed by atoms with Gasteiger partial charge in [-0.3, -0.25) is 0 Å². The number of rotatable bonds is 3. The summed E-state index contributed by atoms with van der Waals surface area (Å²) in [6.07, 6.45) is 0. The molecule has 1 aliphatic heterocycles. The minimum absolute atomic E-state index is 0.000496. The number of sulfonamides is 1. The first kappa shape index (κ1) is 19.0. The number of anilines is 1. The summed E-state index contributed by atoms with van der Waals surface area (Å²) >= 11 is 0. The van der Waals surface area contributed by atoms with Gasteiger partial charge in [0.15, 0.2) is 0 Å². The van der Waals surface area contributed by atoms with Gasteiger partial charge < -0.3 is 9.88 Å². The third kappa shape index (κ3) is 3.52. The number of hydrogen-bond donors (Lipinski definition) is 1. The molecular formula is C21H26N4O2S. The van der Waals surface area contributed by atoms with Crippen LogP contribution in [0.5, 0.6) is 0 Å². The molecule has 0 spiro atoms. The van der Waals surface area contributed by atoms with Crippen molar-refractivity contribution in [3.05, 3.63) is 54.1 Å². The fourth-order valence-corrected chi connectivity index (χ4v) is 4.93. The van der Waals surface area contributed by atoms with Gasteiger partial charge in [0.2, 0.25) is 16.0 Å². The Balaban J connectivity index is 1.47. The number of para-hydroxylation sites is 2. The molecule has 1 fully saturated rings. The molecule has 0 saturated carbocycles. The van der Waals surface area contributed by atoms with Gasteiger partial charge in [0, 0.05) is 26.2 Å². The number of nitrogens with zero attached hydrogens (tertiary/aromatic N) is 3. The number of hydrogen-bond acceptors (Lipinski definition) is 4. The molecule has 0 aliphatic carbocycles. The highest BCUT2D eigenvalue weighted by Gasteiger charge is 2.29. The van der Waals surface area contributed by atoms with Crippen molar-refractivity contribution in [1.29, 1.82) is 0 Å². The Hall–Kier alpha value is -2.38. The Morgan fingerprint density at radius 3 is 2.18 bits per heavy atom. The van der Waals surface area contributed by atoms with E-state index >= 15 is 0 Å². The van der Waals surface area contributed by atoms with E-state index in [0.29, 0.717) is 31.1 Å². The molecule has 1 aromatic heterocycles. The number of nitrogens with one attached hydrogen (secondary N) is 1. The van der Waals surface area contributed by atoms with Crippen LogP contribution in [0.25, 0.3) is 11.0 Å². The van der Waals surface area contributed by atoms with Crippen LogP contribution in [0.1, 0.15) is 26.3 Å². The van der Waals surface area contributed by atoms with Gasteiger partial charge in [0.05, 0.1) is 15.9 Å². The summed E-state index contributed by atoms with van der Waals surface area (Å²) in [7, 11) is -3.48. The first-order valence-corrected chi connectivity index (χ1v) is 11.0. The highest BCUT2D eigenvalue weighted by molar-refractivity contribution is 7.89. The smallest absolute Gasteiger partial charge is 0.243 e. The molecule has 3 aromatic rings. The predicted octanol–water partition coefficient (Wildman–Crippen LogP) is 3.37. The van der Waals surface area contributed by atoms with Crippen molar-refractivity contribution in [3.63, 3.8) is 0 Å². The third-order valence-corrected chi connectivity index (χ3v) is 7.19. The van der Waals surface area contributed by atoms with Gasteiger partial charge >= 0.3 is 0 Å². The topological polar surface area (TPSA) is 69.3 Å². The van der Waals surface area contributed by atoms with Crippen molar-refractivity contribution in [2.45, 2.75) is 31.1 Å². The van der Waals surface area contributed by atoms with Crippen LogP contribution in [0.3, 0.4) is 0 Å². The van der Waals surface area contributed by atoms with Crippen LogP contribution < -0.4 is 4.90 Å². The molecule has 148 valence electrons. The van der Waals surface area contributed by atoms with Gasteiger partial charge in [-0.15, -0.1) is 0 Å². The van der Waals surface area contributed by atoms with Crippen molar-refractivity contribution in [2.24, 2.45) is 0 Å². The zero-order valence-corrected chi connectivity index (χ0v) is 17.3. The molecule has 6 nitrogen and oxygen atoms in total. The number of H-pyrrole nitrogens is 1. The van der Waals surface area contributed by atoms with Crippen LogP contribution in [0.4, 0.5) is 5.95 Å². The summed E-state index contributed by atoms with van der Waals surface area (Å²) in [5.74, 6) is 0.799. The number of aromatic amines is 1. The van der Waals surface area contributed by atoms with E-state index in [1.165, 1.54) is 0 Å². The normalized spacial score (nSPS) is 16.6. The second kappa shape index (κ2) is 6.90.